The van der Waals surface area contributed by atoms with Gasteiger partial charge < -0.3 is 15.3 Å². The zero-order chi connectivity index (χ0) is 20.1. The lowest BCUT2D eigenvalue weighted by molar-refractivity contribution is -0.115. The minimum Gasteiger partial charge on any atom is -0.478 e. The lowest BCUT2D eigenvalue weighted by Gasteiger charge is -2.27. The van der Waals surface area contributed by atoms with Gasteiger partial charge in [-0.25, -0.2) is 4.79 Å². The van der Waals surface area contributed by atoms with Crippen molar-refractivity contribution in [1.29, 1.82) is 0 Å². The monoisotopic (exact) mass is 398 g/mol. The summed E-state index contributed by atoms with van der Waals surface area (Å²) in [7, 11) is 0. The van der Waals surface area contributed by atoms with Gasteiger partial charge in [-0.1, -0.05) is 24.3 Å². The minimum absolute atomic E-state index is 0.0230. The molecule has 1 fully saturated rings. The van der Waals surface area contributed by atoms with Gasteiger partial charge in [0, 0.05) is 35.8 Å². The summed E-state index contributed by atoms with van der Waals surface area (Å²) in [4.78, 5) is 38.4. The van der Waals surface area contributed by atoms with Crippen LogP contribution in [0.4, 0.5) is 5.69 Å². The Morgan fingerprint density at radius 2 is 1.71 bits per heavy atom. The lowest BCUT2D eigenvalue weighted by atomic mass is 10.0. The number of carbonyl (C=O) groups excluding carboxylic acids is 2. The molecule has 2 N–H and O–H groups in total. The summed E-state index contributed by atoms with van der Waals surface area (Å²) < 4.78 is 0. The van der Waals surface area contributed by atoms with E-state index in [2.05, 4.69) is 5.32 Å². The van der Waals surface area contributed by atoms with Crippen molar-refractivity contribution in [2.75, 3.05) is 29.9 Å². The summed E-state index contributed by atoms with van der Waals surface area (Å²) in [6.07, 6.45) is -0.0521. The smallest absolute Gasteiger partial charge is 0.335 e. The molecule has 2 amide bonds. The molecular weight excluding hydrogens is 376 g/mol. The van der Waals surface area contributed by atoms with Crippen molar-refractivity contribution in [3.63, 3.8) is 0 Å². The van der Waals surface area contributed by atoms with Gasteiger partial charge in [0.2, 0.25) is 5.91 Å². The molecule has 0 aliphatic carbocycles. The number of carboxylic acids is 1. The fraction of sp³-hybridized carbons (Fsp3) is 0.286. The Labute approximate surface area is 167 Å². The van der Waals surface area contributed by atoms with Crippen molar-refractivity contribution < 1.29 is 19.5 Å². The first-order chi connectivity index (χ1) is 13.5. The average molecular weight is 398 g/mol. The van der Waals surface area contributed by atoms with Crippen LogP contribution in [0.1, 0.15) is 31.8 Å². The number of benzene rings is 2. The topological polar surface area (TPSA) is 86.7 Å². The number of hydrogen-bond donors (Lipinski definition) is 2. The Bertz CT molecular complexity index is 907. The Morgan fingerprint density at radius 3 is 2.43 bits per heavy atom. The van der Waals surface area contributed by atoms with Gasteiger partial charge in [-0.15, -0.1) is 0 Å². The number of nitrogens with zero attached hydrogens (tertiary/aromatic N) is 1. The average Bonchev–Trinajstić information content (AvgIpc) is 2.70. The zero-order valence-corrected chi connectivity index (χ0v) is 16.4. The van der Waals surface area contributed by atoms with Crippen molar-refractivity contribution in [3.05, 3.63) is 64.7 Å². The highest BCUT2D eigenvalue weighted by Gasteiger charge is 2.21. The predicted octanol–water partition coefficient (Wildman–Crippen LogP) is 3.06. The van der Waals surface area contributed by atoms with E-state index in [4.69, 9.17) is 0 Å². The van der Waals surface area contributed by atoms with E-state index < -0.39 is 5.97 Å². The summed E-state index contributed by atoms with van der Waals surface area (Å²) in [6.45, 7) is 3.27. The summed E-state index contributed by atoms with van der Waals surface area (Å²) >= 11 is 1.84. The van der Waals surface area contributed by atoms with Crippen LogP contribution >= 0.6 is 11.8 Å². The van der Waals surface area contributed by atoms with E-state index in [-0.39, 0.29) is 23.8 Å². The standard InChI is InChI=1S/C21H22N2O4S/c1-14-16(20(25)23-9-11-28-12-10-23)7-4-8-18(14)22-19(24)13-15-5-2-3-6-17(15)21(26)27/h2-8H,9-13H2,1H3,(H,22,24)(H,26,27). The number of amides is 2. The highest BCUT2D eigenvalue weighted by molar-refractivity contribution is 7.99. The zero-order valence-electron chi connectivity index (χ0n) is 15.6. The molecule has 0 atom stereocenters. The second-order valence-corrected chi connectivity index (χ2v) is 7.79. The van der Waals surface area contributed by atoms with Crippen molar-refractivity contribution in [1.82, 2.24) is 4.90 Å². The number of aromatic carboxylic acids is 1. The molecule has 7 heteroatoms. The third-order valence-electron chi connectivity index (χ3n) is 4.74. The molecule has 28 heavy (non-hydrogen) atoms. The third-order valence-corrected chi connectivity index (χ3v) is 5.68. The summed E-state index contributed by atoms with van der Waals surface area (Å²) in [5.41, 5.74) is 2.42. The molecule has 1 saturated heterocycles. The maximum absolute atomic E-state index is 12.8. The van der Waals surface area contributed by atoms with Crippen molar-refractivity contribution >= 4 is 35.2 Å². The molecule has 0 unspecified atom stereocenters. The van der Waals surface area contributed by atoms with Crippen LogP contribution in [0.2, 0.25) is 0 Å². The predicted molar refractivity (Wildman–Crippen MR) is 110 cm³/mol. The molecular formula is C21H22N2O4S. The Kier molecular flexibility index (Phi) is 6.36. The number of carboxylic acid groups (broad SMARTS) is 1. The minimum atomic E-state index is -1.06. The van der Waals surface area contributed by atoms with Crippen LogP contribution in [0.3, 0.4) is 0 Å². The van der Waals surface area contributed by atoms with E-state index in [9.17, 15) is 19.5 Å². The summed E-state index contributed by atoms with van der Waals surface area (Å²) in [5.74, 6) is 0.460. The number of rotatable bonds is 5. The number of nitrogens with one attached hydrogen (secondary N) is 1. The van der Waals surface area contributed by atoms with Crippen molar-refractivity contribution in [3.8, 4) is 0 Å². The first-order valence-electron chi connectivity index (χ1n) is 9.05. The quantitative estimate of drug-likeness (QED) is 0.808. The Morgan fingerprint density at radius 1 is 1.04 bits per heavy atom. The molecule has 1 aliphatic heterocycles. The van der Waals surface area contributed by atoms with Crippen LogP contribution in [0.5, 0.6) is 0 Å². The third kappa shape index (κ3) is 4.54. The van der Waals surface area contributed by atoms with E-state index in [1.54, 1.807) is 36.4 Å². The molecule has 0 aromatic heterocycles. The maximum Gasteiger partial charge on any atom is 0.335 e. The van der Waals surface area contributed by atoms with Gasteiger partial charge in [0.1, 0.15) is 0 Å². The van der Waals surface area contributed by atoms with Crippen LogP contribution < -0.4 is 5.32 Å². The van der Waals surface area contributed by atoms with Crippen LogP contribution in [-0.4, -0.2) is 52.4 Å². The number of thioether (sulfide) groups is 1. The fourth-order valence-electron chi connectivity index (χ4n) is 3.19. The molecule has 0 radical (unpaired) electrons. The first-order valence-corrected chi connectivity index (χ1v) is 10.2. The molecule has 1 heterocycles. The maximum atomic E-state index is 12.8. The molecule has 1 aliphatic rings. The second kappa shape index (κ2) is 8.93. The first kappa shape index (κ1) is 19.9. The van der Waals surface area contributed by atoms with Gasteiger partial charge in [0.15, 0.2) is 0 Å². The lowest BCUT2D eigenvalue weighted by Crippen LogP contribution is -2.38. The molecule has 146 valence electrons. The highest BCUT2D eigenvalue weighted by atomic mass is 32.2. The molecule has 6 nitrogen and oxygen atoms in total. The van der Waals surface area contributed by atoms with Gasteiger partial charge >= 0.3 is 5.97 Å². The SMILES string of the molecule is Cc1c(NC(=O)Cc2ccccc2C(=O)O)cccc1C(=O)N1CCSCC1. The van der Waals surface area contributed by atoms with Crippen LogP contribution in [0.15, 0.2) is 42.5 Å². The van der Waals surface area contributed by atoms with Crippen LogP contribution in [-0.2, 0) is 11.2 Å². The van der Waals surface area contributed by atoms with Gasteiger partial charge in [0.25, 0.3) is 5.91 Å². The molecule has 0 saturated carbocycles. The Hall–Kier alpha value is -2.80. The number of carbonyl (C=O) groups is 3. The van der Waals surface area contributed by atoms with E-state index >= 15 is 0 Å². The van der Waals surface area contributed by atoms with E-state index in [0.717, 1.165) is 24.6 Å². The number of hydrogen-bond acceptors (Lipinski definition) is 4. The fourth-order valence-corrected chi connectivity index (χ4v) is 4.09. The molecule has 0 bridgehead atoms. The molecule has 3 rings (SSSR count). The largest absolute Gasteiger partial charge is 0.478 e. The number of anilines is 1. The van der Waals surface area contributed by atoms with Crippen LogP contribution in [0, 0.1) is 6.92 Å². The van der Waals surface area contributed by atoms with Crippen LogP contribution in [0.25, 0.3) is 0 Å². The van der Waals surface area contributed by atoms with E-state index in [1.807, 2.05) is 23.6 Å². The van der Waals surface area contributed by atoms with Gasteiger partial charge in [-0.2, -0.15) is 11.8 Å². The van der Waals surface area contributed by atoms with Crippen molar-refractivity contribution in [2.45, 2.75) is 13.3 Å². The highest BCUT2D eigenvalue weighted by Crippen LogP contribution is 2.22. The van der Waals surface area contributed by atoms with E-state index in [1.165, 1.54) is 6.07 Å². The van der Waals surface area contributed by atoms with Gasteiger partial charge in [0.05, 0.1) is 12.0 Å². The molecule has 0 spiro atoms. The van der Waals surface area contributed by atoms with E-state index in [0.29, 0.717) is 22.4 Å². The normalized spacial score (nSPS) is 13.8. The summed E-state index contributed by atoms with van der Waals surface area (Å²) in [6, 6.07) is 11.7. The summed E-state index contributed by atoms with van der Waals surface area (Å²) in [5, 5.41) is 12.1. The van der Waals surface area contributed by atoms with Crippen molar-refractivity contribution in [2.24, 2.45) is 0 Å². The van der Waals surface area contributed by atoms with Gasteiger partial charge in [-0.05, 0) is 36.2 Å². The Balaban J connectivity index is 1.75. The van der Waals surface area contributed by atoms with Gasteiger partial charge in [-0.3, -0.25) is 9.59 Å². The molecule has 2 aromatic rings. The molecule has 2 aromatic carbocycles. The second-order valence-electron chi connectivity index (χ2n) is 6.57.